The molecule has 0 spiro atoms. The maximum atomic E-state index is 11.1. The van der Waals surface area contributed by atoms with Gasteiger partial charge in [0.2, 0.25) is 0 Å². The molecule has 1 N–H and O–H groups in total. The summed E-state index contributed by atoms with van der Waals surface area (Å²) in [6.07, 6.45) is 0.955. The number of nitrogens with one attached hydrogen (secondary N) is 1. The van der Waals surface area contributed by atoms with Gasteiger partial charge in [0.15, 0.2) is 5.58 Å². The molecule has 4 nitrogen and oxygen atoms in total. The van der Waals surface area contributed by atoms with E-state index in [2.05, 4.69) is 22.5 Å². The van der Waals surface area contributed by atoms with Gasteiger partial charge in [-0.1, -0.05) is 6.07 Å². The second kappa shape index (κ2) is 4.98. The predicted molar refractivity (Wildman–Crippen MR) is 71.7 cm³/mol. The van der Waals surface area contributed by atoms with Crippen molar-refractivity contribution >= 4 is 23.7 Å². The minimum absolute atomic E-state index is 0.289. The number of aromatic amines is 1. The largest absolute Gasteiger partial charge is 0.417 e. The molecule has 0 aliphatic heterocycles. The SMILES string of the molecule is CN(C)C(CCS)c1ccc2[nH]c(=O)oc2c1. The molecule has 92 valence electrons. The molecule has 0 radical (unpaired) electrons. The van der Waals surface area contributed by atoms with Gasteiger partial charge < -0.3 is 9.32 Å². The Morgan fingerprint density at radius 2 is 2.24 bits per heavy atom. The summed E-state index contributed by atoms with van der Waals surface area (Å²) in [4.78, 5) is 15.9. The van der Waals surface area contributed by atoms with Crippen LogP contribution in [0.3, 0.4) is 0 Å². The molecule has 0 bridgehead atoms. The summed E-state index contributed by atoms with van der Waals surface area (Å²) in [6.45, 7) is 0. The minimum atomic E-state index is -0.409. The van der Waals surface area contributed by atoms with Gasteiger partial charge in [-0.3, -0.25) is 4.98 Å². The number of nitrogens with zero attached hydrogens (tertiary/aromatic N) is 1. The normalized spacial score (nSPS) is 13.4. The highest BCUT2D eigenvalue weighted by Crippen LogP contribution is 2.25. The van der Waals surface area contributed by atoms with Crippen LogP contribution in [0.15, 0.2) is 27.4 Å². The van der Waals surface area contributed by atoms with Crippen LogP contribution in [0.25, 0.3) is 11.1 Å². The first-order valence-corrected chi connectivity index (χ1v) is 6.15. The fourth-order valence-corrected chi connectivity index (χ4v) is 2.26. The monoisotopic (exact) mass is 252 g/mol. The van der Waals surface area contributed by atoms with Crippen LogP contribution in [-0.2, 0) is 0 Å². The van der Waals surface area contributed by atoms with Crippen molar-refractivity contribution in [1.29, 1.82) is 0 Å². The molecule has 0 saturated heterocycles. The highest BCUT2D eigenvalue weighted by molar-refractivity contribution is 7.80. The van der Waals surface area contributed by atoms with E-state index in [1.54, 1.807) is 0 Å². The molecule has 1 unspecified atom stereocenters. The fourth-order valence-electron chi connectivity index (χ4n) is 2.01. The van der Waals surface area contributed by atoms with Crippen molar-refractivity contribution in [3.05, 3.63) is 34.3 Å². The number of aromatic nitrogens is 1. The molecule has 1 heterocycles. The summed E-state index contributed by atoms with van der Waals surface area (Å²) in [5, 5.41) is 0. The molecule has 5 heteroatoms. The first-order valence-electron chi connectivity index (χ1n) is 5.52. The zero-order chi connectivity index (χ0) is 12.4. The van der Waals surface area contributed by atoms with Crippen LogP contribution >= 0.6 is 12.6 Å². The van der Waals surface area contributed by atoms with E-state index in [4.69, 9.17) is 4.42 Å². The zero-order valence-electron chi connectivity index (χ0n) is 9.93. The molecule has 0 aliphatic carbocycles. The summed E-state index contributed by atoms with van der Waals surface area (Å²) < 4.78 is 5.07. The Kier molecular flexibility index (Phi) is 3.59. The zero-order valence-corrected chi connectivity index (χ0v) is 10.8. The Hall–Kier alpha value is -1.20. The number of benzene rings is 1. The average Bonchev–Trinajstić information content (AvgIpc) is 2.64. The summed E-state index contributed by atoms with van der Waals surface area (Å²) >= 11 is 4.28. The first kappa shape index (κ1) is 12.3. The Bertz CT molecular complexity index is 559. The van der Waals surface area contributed by atoms with Gasteiger partial charge in [-0.25, -0.2) is 4.79 Å². The Morgan fingerprint density at radius 1 is 1.47 bits per heavy atom. The molecular formula is C12H16N2O2S. The van der Waals surface area contributed by atoms with Gasteiger partial charge in [-0.15, -0.1) is 0 Å². The third-order valence-electron chi connectivity index (χ3n) is 2.86. The highest BCUT2D eigenvalue weighted by Gasteiger charge is 2.14. The Morgan fingerprint density at radius 3 is 2.88 bits per heavy atom. The number of oxazole rings is 1. The van der Waals surface area contributed by atoms with Crippen LogP contribution in [0.5, 0.6) is 0 Å². The van der Waals surface area contributed by atoms with E-state index in [1.165, 1.54) is 0 Å². The molecule has 1 atom stereocenters. The second-order valence-corrected chi connectivity index (χ2v) is 4.71. The van der Waals surface area contributed by atoms with Crippen LogP contribution in [-0.4, -0.2) is 29.7 Å². The number of hydrogen-bond donors (Lipinski definition) is 2. The molecule has 1 aromatic carbocycles. The lowest BCUT2D eigenvalue weighted by Gasteiger charge is -2.23. The van der Waals surface area contributed by atoms with Crippen molar-refractivity contribution in [2.24, 2.45) is 0 Å². The average molecular weight is 252 g/mol. The Balaban J connectivity index is 2.42. The van der Waals surface area contributed by atoms with Gasteiger partial charge in [0, 0.05) is 6.04 Å². The summed E-state index contributed by atoms with van der Waals surface area (Å²) in [5.74, 6) is 0.408. The number of fused-ring (bicyclic) bond motifs is 1. The standard InChI is InChI=1S/C12H16N2O2S/c1-14(2)10(5-6-17)8-3-4-9-11(7-8)16-12(15)13-9/h3-4,7,10,17H,5-6H2,1-2H3,(H,13,15). The lowest BCUT2D eigenvalue weighted by atomic mass is 10.0. The van der Waals surface area contributed by atoms with Gasteiger partial charge in [0.05, 0.1) is 5.52 Å². The molecule has 2 rings (SSSR count). The number of rotatable bonds is 4. The van der Waals surface area contributed by atoms with Gasteiger partial charge in [0.25, 0.3) is 0 Å². The van der Waals surface area contributed by atoms with Crippen molar-refractivity contribution < 1.29 is 4.42 Å². The lowest BCUT2D eigenvalue weighted by Crippen LogP contribution is -2.20. The molecule has 0 saturated carbocycles. The van der Waals surface area contributed by atoms with E-state index in [1.807, 2.05) is 32.3 Å². The molecule has 0 aliphatic rings. The van der Waals surface area contributed by atoms with Crippen molar-refractivity contribution in [3.63, 3.8) is 0 Å². The first-order chi connectivity index (χ1) is 8.11. The summed E-state index contributed by atoms with van der Waals surface area (Å²) in [5.41, 5.74) is 2.49. The second-order valence-electron chi connectivity index (χ2n) is 4.26. The highest BCUT2D eigenvalue weighted by atomic mass is 32.1. The smallest absolute Gasteiger partial charge is 0.408 e. The van der Waals surface area contributed by atoms with Crippen molar-refractivity contribution in [1.82, 2.24) is 9.88 Å². The van der Waals surface area contributed by atoms with E-state index in [0.717, 1.165) is 23.3 Å². The quantitative estimate of drug-likeness (QED) is 0.819. The third-order valence-corrected chi connectivity index (χ3v) is 3.11. The lowest BCUT2D eigenvalue weighted by molar-refractivity contribution is 0.293. The van der Waals surface area contributed by atoms with E-state index >= 15 is 0 Å². The van der Waals surface area contributed by atoms with Crippen LogP contribution in [0.4, 0.5) is 0 Å². The summed E-state index contributed by atoms with van der Waals surface area (Å²) in [6, 6.07) is 6.10. The Labute approximate surface area is 105 Å². The fraction of sp³-hybridized carbons (Fsp3) is 0.417. The topological polar surface area (TPSA) is 49.2 Å². The summed E-state index contributed by atoms with van der Waals surface area (Å²) in [7, 11) is 4.07. The van der Waals surface area contributed by atoms with Gasteiger partial charge in [-0.05, 0) is 44.0 Å². The van der Waals surface area contributed by atoms with E-state index < -0.39 is 5.76 Å². The number of H-pyrrole nitrogens is 1. The van der Waals surface area contributed by atoms with Crippen LogP contribution in [0.2, 0.25) is 0 Å². The van der Waals surface area contributed by atoms with Crippen molar-refractivity contribution in [2.75, 3.05) is 19.8 Å². The van der Waals surface area contributed by atoms with Crippen LogP contribution in [0.1, 0.15) is 18.0 Å². The van der Waals surface area contributed by atoms with Crippen molar-refractivity contribution in [2.45, 2.75) is 12.5 Å². The number of hydrogen-bond acceptors (Lipinski definition) is 4. The predicted octanol–water partition coefficient (Wildman–Crippen LogP) is 2.04. The van der Waals surface area contributed by atoms with Gasteiger partial charge >= 0.3 is 5.76 Å². The van der Waals surface area contributed by atoms with E-state index in [-0.39, 0.29) is 6.04 Å². The molecule has 0 amide bonds. The maximum absolute atomic E-state index is 11.1. The molecule has 17 heavy (non-hydrogen) atoms. The van der Waals surface area contributed by atoms with E-state index in [9.17, 15) is 4.79 Å². The van der Waals surface area contributed by atoms with E-state index in [0.29, 0.717) is 5.58 Å². The van der Waals surface area contributed by atoms with Crippen LogP contribution in [0, 0.1) is 0 Å². The number of thiol groups is 1. The molecule has 2 aromatic rings. The molecular weight excluding hydrogens is 236 g/mol. The maximum Gasteiger partial charge on any atom is 0.417 e. The molecule has 0 fully saturated rings. The minimum Gasteiger partial charge on any atom is -0.408 e. The van der Waals surface area contributed by atoms with Gasteiger partial charge in [0.1, 0.15) is 0 Å². The van der Waals surface area contributed by atoms with Crippen molar-refractivity contribution in [3.8, 4) is 0 Å². The van der Waals surface area contributed by atoms with Gasteiger partial charge in [-0.2, -0.15) is 12.6 Å². The third kappa shape index (κ3) is 2.56. The van der Waals surface area contributed by atoms with Crippen LogP contribution < -0.4 is 5.76 Å². The molecule has 1 aromatic heterocycles.